The van der Waals surface area contributed by atoms with Crippen molar-refractivity contribution in [3.63, 3.8) is 0 Å². The maximum Gasteiger partial charge on any atom is 0.359 e. The zero-order valence-electron chi connectivity index (χ0n) is 19.5. The van der Waals surface area contributed by atoms with Crippen LogP contribution >= 0.6 is 0 Å². The molecule has 0 heterocycles. The van der Waals surface area contributed by atoms with E-state index < -0.39 is 48.0 Å². The summed E-state index contributed by atoms with van der Waals surface area (Å²) in [5.41, 5.74) is 0. The number of nitrogens with zero attached hydrogens (tertiary/aromatic N) is 2. The Morgan fingerprint density at radius 1 is 0.818 bits per heavy atom. The average molecular weight is 477 g/mol. The van der Waals surface area contributed by atoms with Gasteiger partial charge in [0.25, 0.3) is 0 Å². The van der Waals surface area contributed by atoms with Gasteiger partial charge >= 0.3 is 23.9 Å². The minimum atomic E-state index is -1.25. The number of unbranched alkanes of at least 4 members (excludes halogenated alkanes) is 2. The first-order chi connectivity index (χ1) is 15.4. The van der Waals surface area contributed by atoms with Gasteiger partial charge in [-0.2, -0.15) is 0 Å². The largest absolute Gasteiger partial charge is 0.480 e. The third-order valence-corrected chi connectivity index (χ3v) is 5.18. The van der Waals surface area contributed by atoms with E-state index in [1.54, 1.807) is 0 Å². The lowest BCUT2D eigenvalue weighted by Gasteiger charge is -2.37. The molecular weight excluding hydrogens is 438 g/mol. The van der Waals surface area contributed by atoms with E-state index in [1.807, 2.05) is 0 Å². The molecule has 0 aliphatic carbocycles. The second-order valence-electron chi connectivity index (χ2n) is 8.67. The second kappa shape index (κ2) is 16.0. The SMILES string of the molecule is CC(C)CCCCCC(=O)N(CC[N+](CCNCC(=O)O)(CC(=O)O)CC(=O)O)CC(=O)O. The number of carboxylic acids is 4. The van der Waals surface area contributed by atoms with E-state index in [2.05, 4.69) is 19.2 Å². The lowest BCUT2D eigenvalue weighted by Crippen LogP contribution is -2.59. The summed E-state index contributed by atoms with van der Waals surface area (Å²) in [6.07, 6.45) is 3.59. The highest BCUT2D eigenvalue weighted by atomic mass is 16.4. The van der Waals surface area contributed by atoms with Crippen molar-refractivity contribution in [2.45, 2.75) is 46.0 Å². The van der Waals surface area contributed by atoms with Crippen molar-refractivity contribution >= 4 is 29.8 Å². The average Bonchev–Trinajstić information content (AvgIpc) is 2.66. The third-order valence-electron chi connectivity index (χ3n) is 5.18. The molecule has 5 N–H and O–H groups in total. The van der Waals surface area contributed by atoms with E-state index in [1.165, 1.54) is 0 Å². The first-order valence-electron chi connectivity index (χ1n) is 11.1. The number of aliphatic carboxylic acids is 4. The molecular formula is C21H38N3O9+. The van der Waals surface area contributed by atoms with Crippen LogP contribution in [0.3, 0.4) is 0 Å². The van der Waals surface area contributed by atoms with Crippen LogP contribution in [0.4, 0.5) is 0 Å². The molecule has 12 nitrogen and oxygen atoms in total. The molecule has 190 valence electrons. The van der Waals surface area contributed by atoms with Crippen LogP contribution in [0.1, 0.15) is 46.0 Å². The highest BCUT2D eigenvalue weighted by Crippen LogP contribution is 2.12. The Morgan fingerprint density at radius 3 is 1.91 bits per heavy atom. The lowest BCUT2D eigenvalue weighted by atomic mass is 10.0. The molecule has 0 unspecified atom stereocenters. The normalized spacial score (nSPS) is 11.4. The van der Waals surface area contributed by atoms with Crippen molar-refractivity contribution in [3.05, 3.63) is 0 Å². The smallest absolute Gasteiger partial charge is 0.359 e. The van der Waals surface area contributed by atoms with Crippen LogP contribution in [-0.2, 0) is 24.0 Å². The summed E-state index contributed by atoms with van der Waals surface area (Å²) in [5, 5.41) is 39.2. The number of rotatable bonds is 20. The fourth-order valence-electron chi connectivity index (χ4n) is 3.52. The predicted molar refractivity (Wildman–Crippen MR) is 118 cm³/mol. The molecule has 0 aliphatic rings. The number of carbonyl (C=O) groups excluding carboxylic acids is 1. The minimum absolute atomic E-state index is 0.0177. The van der Waals surface area contributed by atoms with Crippen LogP contribution in [0.5, 0.6) is 0 Å². The van der Waals surface area contributed by atoms with Gasteiger partial charge in [0.05, 0.1) is 26.2 Å². The first kappa shape index (κ1) is 30.3. The number of carboxylic acid groups (broad SMARTS) is 4. The van der Waals surface area contributed by atoms with Crippen LogP contribution in [0.15, 0.2) is 0 Å². The van der Waals surface area contributed by atoms with Gasteiger partial charge in [-0.3, -0.25) is 14.4 Å². The second-order valence-corrected chi connectivity index (χ2v) is 8.67. The molecule has 33 heavy (non-hydrogen) atoms. The van der Waals surface area contributed by atoms with Crippen LogP contribution in [0, 0.1) is 5.92 Å². The summed E-state index contributed by atoms with van der Waals surface area (Å²) < 4.78 is -0.463. The quantitative estimate of drug-likeness (QED) is 0.120. The number of quaternary nitrogens is 1. The monoisotopic (exact) mass is 476 g/mol. The fraction of sp³-hybridized carbons (Fsp3) is 0.762. The number of carbonyl (C=O) groups is 5. The summed E-state index contributed by atoms with van der Waals surface area (Å²) >= 11 is 0. The lowest BCUT2D eigenvalue weighted by molar-refractivity contribution is -0.912. The molecule has 0 saturated carbocycles. The van der Waals surface area contributed by atoms with E-state index in [9.17, 15) is 39.3 Å². The molecule has 0 aromatic heterocycles. The Hall–Kier alpha value is -2.73. The van der Waals surface area contributed by atoms with Gasteiger partial charge in [0, 0.05) is 13.0 Å². The van der Waals surface area contributed by atoms with Gasteiger partial charge in [-0.15, -0.1) is 0 Å². The summed E-state index contributed by atoms with van der Waals surface area (Å²) in [7, 11) is 0. The summed E-state index contributed by atoms with van der Waals surface area (Å²) in [5.74, 6) is -4.66. The Bertz CT molecular complexity index is 651. The van der Waals surface area contributed by atoms with Crippen molar-refractivity contribution in [2.24, 2.45) is 5.92 Å². The Kier molecular flexibility index (Phi) is 14.7. The number of amides is 1. The molecule has 0 bridgehead atoms. The highest BCUT2D eigenvalue weighted by molar-refractivity contribution is 5.81. The van der Waals surface area contributed by atoms with Crippen molar-refractivity contribution < 1.29 is 48.9 Å². The summed E-state index contributed by atoms with van der Waals surface area (Å²) in [4.78, 5) is 58.6. The number of hydrogen-bond acceptors (Lipinski definition) is 6. The van der Waals surface area contributed by atoms with E-state index >= 15 is 0 Å². The van der Waals surface area contributed by atoms with Crippen molar-refractivity contribution in [1.29, 1.82) is 0 Å². The Morgan fingerprint density at radius 2 is 1.42 bits per heavy atom. The van der Waals surface area contributed by atoms with Crippen LogP contribution in [0.25, 0.3) is 0 Å². The van der Waals surface area contributed by atoms with Gasteiger partial charge in [0.2, 0.25) is 5.91 Å². The van der Waals surface area contributed by atoms with E-state index in [-0.39, 0.29) is 45.1 Å². The van der Waals surface area contributed by atoms with E-state index in [0.717, 1.165) is 24.2 Å². The van der Waals surface area contributed by atoms with Gasteiger partial charge in [-0.1, -0.05) is 33.1 Å². The molecule has 0 aromatic carbocycles. The number of hydrogen-bond donors (Lipinski definition) is 5. The summed E-state index contributed by atoms with van der Waals surface area (Å²) in [6, 6.07) is 0. The van der Waals surface area contributed by atoms with Gasteiger partial charge < -0.3 is 35.1 Å². The number of nitrogens with one attached hydrogen (secondary N) is 1. The highest BCUT2D eigenvalue weighted by Gasteiger charge is 2.34. The maximum absolute atomic E-state index is 12.6. The van der Waals surface area contributed by atoms with Gasteiger partial charge in [0.15, 0.2) is 13.1 Å². The van der Waals surface area contributed by atoms with Crippen molar-refractivity contribution in [2.75, 3.05) is 52.4 Å². The standard InChI is InChI=1S/C21H37N3O9/c1-16(2)6-4-3-5-7-17(25)23(13-19(28)29)9-11-24(14-20(30)31,15-21(32)33)10-8-22-12-18(26)27/h16,22H,3-15H2,1-2H3,(H3-,26,27,28,29,30,31,32,33)/p+1. The van der Waals surface area contributed by atoms with E-state index in [4.69, 9.17) is 5.11 Å². The predicted octanol–water partition coefficient (Wildman–Crippen LogP) is 0.166. The molecule has 12 heteroatoms. The molecule has 0 fully saturated rings. The maximum atomic E-state index is 12.6. The third kappa shape index (κ3) is 15.7. The van der Waals surface area contributed by atoms with Crippen molar-refractivity contribution in [3.8, 4) is 0 Å². The molecule has 0 aliphatic heterocycles. The first-order valence-corrected chi connectivity index (χ1v) is 11.1. The van der Waals surface area contributed by atoms with Gasteiger partial charge in [-0.05, 0) is 12.3 Å². The molecule has 0 atom stereocenters. The van der Waals surface area contributed by atoms with Crippen LogP contribution in [0.2, 0.25) is 0 Å². The zero-order valence-corrected chi connectivity index (χ0v) is 19.5. The topological polar surface area (TPSA) is 182 Å². The van der Waals surface area contributed by atoms with Gasteiger partial charge in [0.1, 0.15) is 6.54 Å². The molecule has 0 aromatic rings. The Balaban J connectivity index is 5.26. The molecule has 1 amide bonds. The molecule has 0 spiro atoms. The van der Waals surface area contributed by atoms with E-state index in [0.29, 0.717) is 12.3 Å². The molecule has 0 rings (SSSR count). The van der Waals surface area contributed by atoms with Crippen LogP contribution in [-0.4, -0.2) is 112 Å². The minimum Gasteiger partial charge on any atom is -0.480 e. The fourth-order valence-corrected chi connectivity index (χ4v) is 3.52. The van der Waals surface area contributed by atoms with Crippen LogP contribution < -0.4 is 5.32 Å². The van der Waals surface area contributed by atoms with Gasteiger partial charge in [-0.25, -0.2) is 9.59 Å². The van der Waals surface area contributed by atoms with Crippen molar-refractivity contribution in [1.82, 2.24) is 10.2 Å². The zero-order chi connectivity index (χ0) is 25.4. The Labute approximate surface area is 193 Å². The molecule has 0 saturated heterocycles. The summed E-state index contributed by atoms with van der Waals surface area (Å²) in [6.45, 7) is 1.94. The molecule has 0 radical (unpaired) electrons.